The minimum absolute atomic E-state index is 0.0828. The van der Waals surface area contributed by atoms with E-state index in [1.165, 1.54) is 11.6 Å². The summed E-state index contributed by atoms with van der Waals surface area (Å²) in [6, 6.07) is 14.7. The van der Waals surface area contributed by atoms with Gasteiger partial charge in [-0.15, -0.1) is 0 Å². The summed E-state index contributed by atoms with van der Waals surface area (Å²) in [5, 5.41) is 12.2. The number of nitrogens with one attached hydrogen (secondary N) is 1. The van der Waals surface area contributed by atoms with Crippen LogP contribution in [0.3, 0.4) is 0 Å². The van der Waals surface area contributed by atoms with Gasteiger partial charge >= 0.3 is 0 Å². The van der Waals surface area contributed by atoms with E-state index in [0.717, 1.165) is 10.0 Å². The van der Waals surface area contributed by atoms with E-state index in [1.807, 2.05) is 24.3 Å². The van der Waals surface area contributed by atoms with E-state index in [4.69, 9.17) is 5.26 Å². The van der Waals surface area contributed by atoms with Crippen molar-refractivity contribution in [1.82, 2.24) is 5.32 Å². The zero-order valence-electron chi connectivity index (χ0n) is 11.0. The summed E-state index contributed by atoms with van der Waals surface area (Å²) < 4.78 is 14.3. The molecule has 20 heavy (non-hydrogen) atoms. The first-order chi connectivity index (χ1) is 9.60. The molecule has 2 aromatic rings. The van der Waals surface area contributed by atoms with Crippen molar-refractivity contribution in [2.45, 2.75) is 19.5 Å². The molecule has 0 amide bonds. The van der Waals surface area contributed by atoms with E-state index in [1.54, 1.807) is 12.1 Å². The van der Waals surface area contributed by atoms with E-state index < -0.39 is 5.82 Å². The Morgan fingerprint density at radius 2 is 2.10 bits per heavy atom. The van der Waals surface area contributed by atoms with Crippen LogP contribution < -0.4 is 5.32 Å². The average Bonchev–Trinajstić information content (AvgIpc) is 2.46. The maximum atomic E-state index is 13.2. The number of halogens is 2. The minimum atomic E-state index is -0.476. The maximum Gasteiger partial charge on any atom is 0.140 e. The van der Waals surface area contributed by atoms with Crippen LogP contribution in [0.25, 0.3) is 0 Å². The molecule has 0 aliphatic carbocycles. The van der Waals surface area contributed by atoms with Crippen molar-refractivity contribution in [2.75, 3.05) is 0 Å². The molecule has 0 fully saturated rings. The van der Waals surface area contributed by atoms with Crippen LogP contribution in [0.5, 0.6) is 0 Å². The fourth-order valence-electron chi connectivity index (χ4n) is 1.93. The number of rotatable bonds is 4. The highest BCUT2D eigenvalue weighted by Gasteiger charge is 2.07. The molecule has 0 aromatic heterocycles. The largest absolute Gasteiger partial charge is 0.306 e. The normalized spacial score (nSPS) is 11.9. The SMILES string of the molecule is C[C@@H](NCc1ccc(F)c(C#N)c1)c1cccc(Br)c1. The third kappa shape index (κ3) is 3.66. The standard InChI is InChI=1S/C16H14BrFN2/c1-11(13-3-2-4-15(17)8-13)20-10-12-5-6-16(18)14(7-12)9-19/h2-8,11,20H,10H2,1H3/t11-/m1/s1. The monoisotopic (exact) mass is 332 g/mol. The van der Waals surface area contributed by atoms with Gasteiger partial charge in [-0.25, -0.2) is 4.39 Å². The van der Waals surface area contributed by atoms with Gasteiger partial charge in [-0.3, -0.25) is 0 Å². The number of nitrogens with zero attached hydrogens (tertiary/aromatic N) is 1. The molecule has 2 aromatic carbocycles. The Bertz CT molecular complexity index is 649. The van der Waals surface area contributed by atoms with Gasteiger partial charge in [-0.2, -0.15) is 5.26 Å². The summed E-state index contributed by atoms with van der Waals surface area (Å²) in [5.74, 6) is -0.476. The lowest BCUT2D eigenvalue weighted by molar-refractivity contribution is 0.572. The molecule has 0 saturated carbocycles. The molecule has 2 rings (SSSR count). The zero-order valence-corrected chi connectivity index (χ0v) is 12.6. The highest BCUT2D eigenvalue weighted by atomic mass is 79.9. The second kappa shape index (κ2) is 6.65. The first-order valence-corrected chi connectivity index (χ1v) is 7.07. The Hall–Kier alpha value is -1.70. The fourth-order valence-corrected chi connectivity index (χ4v) is 2.35. The van der Waals surface area contributed by atoms with E-state index in [2.05, 4.69) is 34.2 Å². The van der Waals surface area contributed by atoms with Crippen LogP contribution in [-0.4, -0.2) is 0 Å². The third-order valence-corrected chi connectivity index (χ3v) is 3.61. The van der Waals surface area contributed by atoms with Crippen molar-refractivity contribution in [3.8, 4) is 6.07 Å². The van der Waals surface area contributed by atoms with Crippen molar-refractivity contribution < 1.29 is 4.39 Å². The van der Waals surface area contributed by atoms with Crippen LogP contribution >= 0.6 is 15.9 Å². The molecule has 0 spiro atoms. The van der Waals surface area contributed by atoms with E-state index in [9.17, 15) is 4.39 Å². The fraction of sp³-hybridized carbons (Fsp3) is 0.188. The summed E-state index contributed by atoms with van der Waals surface area (Å²) >= 11 is 3.45. The van der Waals surface area contributed by atoms with Gasteiger partial charge in [0.15, 0.2) is 0 Å². The molecule has 1 N–H and O–H groups in total. The molecule has 0 radical (unpaired) electrons. The Morgan fingerprint density at radius 1 is 1.30 bits per heavy atom. The van der Waals surface area contributed by atoms with Gasteiger partial charge in [0.2, 0.25) is 0 Å². The Labute approximate surface area is 126 Å². The van der Waals surface area contributed by atoms with E-state index >= 15 is 0 Å². The minimum Gasteiger partial charge on any atom is -0.306 e. The highest BCUT2D eigenvalue weighted by molar-refractivity contribution is 9.10. The van der Waals surface area contributed by atoms with Crippen LogP contribution in [0, 0.1) is 17.1 Å². The van der Waals surface area contributed by atoms with E-state index in [-0.39, 0.29) is 11.6 Å². The molecule has 0 aliphatic rings. The molecule has 0 bridgehead atoms. The van der Waals surface area contributed by atoms with Crippen molar-refractivity contribution in [3.63, 3.8) is 0 Å². The molecule has 102 valence electrons. The lowest BCUT2D eigenvalue weighted by Gasteiger charge is -2.15. The quantitative estimate of drug-likeness (QED) is 0.905. The van der Waals surface area contributed by atoms with Crippen molar-refractivity contribution >= 4 is 15.9 Å². The second-order valence-corrected chi connectivity index (χ2v) is 5.50. The first-order valence-electron chi connectivity index (χ1n) is 6.27. The molecular weight excluding hydrogens is 319 g/mol. The van der Waals surface area contributed by atoms with Crippen LogP contribution in [0.4, 0.5) is 4.39 Å². The topological polar surface area (TPSA) is 35.8 Å². The molecule has 0 aliphatic heterocycles. The van der Waals surface area contributed by atoms with E-state index in [0.29, 0.717) is 6.54 Å². The Balaban J connectivity index is 2.04. The molecule has 1 atom stereocenters. The lowest BCUT2D eigenvalue weighted by atomic mass is 10.1. The number of nitriles is 1. The number of hydrogen-bond acceptors (Lipinski definition) is 2. The summed E-state index contributed by atoms with van der Waals surface area (Å²) in [7, 11) is 0. The predicted octanol–water partition coefficient (Wildman–Crippen LogP) is 4.31. The molecule has 0 saturated heterocycles. The third-order valence-electron chi connectivity index (χ3n) is 3.11. The summed E-state index contributed by atoms with van der Waals surface area (Å²) in [4.78, 5) is 0. The maximum absolute atomic E-state index is 13.2. The molecule has 2 nitrogen and oxygen atoms in total. The van der Waals surface area contributed by atoms with Gasteiger partial charge in [0.05, 0.1) is 5.56 Å². The van der Waals surface area contributed by atoms with Gasteiger partial charge in [-0.1, -0.05) is 34.1 Å². The average molecular weight is 333 g/mol. The van der Waals surface area contributed by atoms with Gasteiger partial charge in [0.1, 0.15) is 11.9 Å². The van der Waals surface area contributed by atoms with Gasteiger partial charge < -0.3 is 5.32 Å². The summed E-state index contributed by atoms with van der Waals surface area (Å²) in [6.07, 6.45) is 0. The zero-order chi connectivity index (χ0) is 14.5. The van der Waals surface area contributed by atoms with Gasteiger partial charge in [-0.05, 0) is 42.3 Å². The number of hydrogen-bond donors (Lipinski definition) is 1. The summed E-state index contributed by atoms with van der Waals surface area (Å²) in [6.45, 7) is 2.65. The van der Waals surface area contributed by atoms with Gasteiger partial charge in [0.25, 0.3) is 0 Å². The van der Waals surface area contributed by atoms with Crippen molar-refractivity contribution in [2.24, 2.45) is 0 Å². The Morgan fingerprint density at radius 3 is 2.80 bits per heavy atom. The molecule has 0 unspecified atom stereocenters. The van der Waals surface area contributed by atoms with Crippen LogP contribution in [0.1, 0.15) is 29.7 Å². The van der Waals surface area contributed by atoms with Crippen LogP contribution in [-0.2, 0) is 6.54 Å². The number of benzene rings is 2. The second-order valence-electron chi connectivity index (χ2n) is 4.58. The van der Waals surface area contributed by atoms with Crippen molar-refractivity contribution in [3.05, 3.63) is 69.4 Å². The summed E-state index contributed by atoms with van der Waals surface area (Å²) in [5.41, 5.74) is 2.14. The molecular formula is C16H14BrFN2. The van der Waals surface area contributed by atoms with Crippen molar-refractivity contribution in [1.29, 1.82) is 5.26 Å². The molecule has 0 heterocycles. The van der Waals surface area contributed by atoms with Gasteiger partial charge in [0, 0.05) is 17.1 Å². The van der Waals surface area contributed by atoms with Crippen LogP contribution in [0.15, 0.2) is 46.9 Å². The van der Waals surface area contributed by atoms with Crippen LogP contribution in [0.2, 0.25) is 0 Å². The smallest absolute Gasteiger partial charge is 0.140 e. The predicted molar refractivity (Wildman–Crippen MR) is 80.5 cm³/mol. The Kier molecular flexibility index (Phi) is 4.89. The lowest BCUT2D eigenvalue weighted by Crippen LogP contribution is -2.18. The first kappa shape index (κ1) is 14.7. The highest BCUT2D eigenvalue weighted by Crippen LogP contribution is 2.18. The molecule has 4 heteroatoms.